The van der Waals surface area contributed by atoms with Crippen LogP contribution >= 0.6 is 0 Å². The second-order valence-corrected chi connectivity index (χ2v) is 6.10. The molecule has 102 valence electrons. The molecule has 1 aromatic heterocycles. The van der Waals surface area contributed by atoms with E-state index in [2.05, 4.69) is 4.98 Å². The Balaban J connectivity index is 2.37. The summed E-state index contributed by atoms with van der Waals surface area (Å²) in [5, 5.41) is 8.71. The summed E-state index contributed by atoms with van der Waals surface area (Å²) in [6.45, 7) is 0. The molecule has 1 saturated carbocycles. The van der Waals surface area contributed by atoms with Gasteiger partial charge in [0, 0.05) is 6.20 Å². The van der Waals surface area contributed by atoms with Crippen LogP contribution in [-0.4, -0.2) is 20.5 Å². The lowest BCUT2D eigenvalue weighted by Crippen LogP contribution is -2.21. The molecule has 1 heterocycles. The van der Waals surface area contributed by atoms with E-state index in [1.807, 2.05) is 0 Å². The van der Waals surface area contributed by atoms with Crippen molar-refractivity contribution >= 4 is 11.0 Å². The highest BCUT2D eigenvalue weighted by Gasteiger charge is 2.47. The number of hydrogen-bond donors (Lipinski definition) is 0. The molecule has 0 N–H and O–H groups in total. The number of rotatable bonds is 2. The van der Waals surface area contributed by atoms with E-state index in [0.29, 0.717) is 18.4 Å². The molecule has 1 atom stereocenters. The Hall–Kier alpha value is -1.46. The van der Waals surface area contributed by atoms with E-state index in [1.54, 1.807) is 6.19 Å². The van der Waals surface area contributed by atoms with Gasteiger partial charge in [-0.05, 0) is 24.5 Å². The van der Waals surface area contributed by atoms with Crippen molar-refractivity contribution in [2.24, 2.45) is 0 Å². The lowest BCUT2D eigenvalue weighted by atomic mass is 10.1. The lowest BCUT2D eigenvalue weighted by molar-refractivity contribution is -0.380. The molecule has 8 heteroatoms. The van der Waals surface area contributed by atoms with Crippen molar-refractivity contribution in [3.8, 4) is 6.19 Å². The van der Waals surface area contributed by atoms with Crippen LogP contribution in [0.25, 0.3) is 0 Å². The van der Waals surface area contributed by atoms with Gasteiger partial charge in [0.05, 0.1) is 11.8 Å². The highest BCUT2D eigenvalue weighted by molar-refractivity contribution is 7.80. The molecule has 1 aliphatic rings. The fourth-order valence-corrected chi connectivity index (χ4v) is 3.18. The molecule has 0 aromatic carbocycles. The van der Waals surface area contributed by atoms with Crippen molar-refractivity contribution in [2.75, 3.05) is 7.05 Å². The molecular weight excluding hydrogens is 279 g/mol. The molecule has 0 amide bonds. The summed E-state index contributed by atoms with van der Waals surface area (Å²) in [5.74, 6) is 0. The Morgan fingerprint density at radius 1 is 1.47 bits per heavy atom. The van der Waals surface area contributed by atoms with E-state index in [1.165, 1.54) is 13.1 Å². The van der Waals surface area contributed by atoms with Gasteiger partial charge in [0.25, 0.3) is 0 Å². The van der Waals surface area contributed by atoms with Crippen LogP contribution in [0.15, 0.2) is 18.3 Å². The van der Waals surface area contributed by atoms with Crippen LogP contribution in [0.4, 0.5) is 13.2 Å². The normalized spacial score (nSPS) is 19.5. The molecule has 0 spiro atoms. The van der Waals surface area contributed by atoms with Gasteiger partial charge in [0.2, 0.25) is 0 Å². The standard InChI is InChI=1S/C11H10F3N3OS/c1-17(7-15)19(18)10(4-5-10)8-2-3-9(16-6-8)11(12,13)14/h2-3,6H,4-5H2,1H3. The Bertz CT molecular complexity index is 570. The summed E-state index contributed by atoms with van der Waals surface area (Å²) in [6.07, 6.45) is -0.507. The number of alkyl halides is 3. The minimum Gasteiger partial charge on any atom is -0.771 e. The van der Waals surface area contributed by atoms with Crippen LogP contribution in [0.2, 0.25) is 0 Å². The largest absolute Gasteiger partial charge is 0.771 e. The number of pyridine rings is 1. The average molecular weight is 289 g/mol. The van der Waals surface area contributed by atoms with Crippen molar-refractivity contribution < 1.29 is 21.7 Å². The zero-order valence-corrected chi connectivity index (χ0v) is 10.8. The summed E-state index contributed by atoms with van der Waals surface area (Å²) < 4.78 is 49.5. The van der Waals surface area contributed by atoms with Gasteiger partial charge in [0.15, 0.2) is 5.26 Å². The first kappa shape index (κ1) is 14.0. The molecule has 2 rings (SSSR count). The van der Waals surface area contributed by atoms with Gasteiger partial charge in [-0.15, -0.1) is 0 Å². The summed E-state index contributed by atoms with van der Waals surface area (Å²) in [5.41, 5.74) is -0.507. The van der Waals surface area contributed by atoms with Gasteiger partial charge in [-0.2, -0.15) is 17.1 Å². The highest BCUT2D eigenvalue weighted by atomic mass is 32.2. The Morgan fingerprint density at radius 2 is 2.11 bits per heavy atom. The number of aromatic nitrogens is 1. The van der Waals surface area contributed by atoms with Crippen LogP contribution in [0, 0.1) is 11.5 Å². The lowest BCUT2D eigenvalue weighted by Gasteiger charge is -2.23. The van der Waals surface area contributed by atoms with E-state index in [-0.39, 0.29) is 0 Å². The molecule has 0 saturated heterocycles. The van der Waals surface area contributed by atoms with Gasteiger partial charge in [-0.3, -0.25) is 4.98 Å². The van der Waals surface area contributed by atoms with Crippen molar-refractivity contribution in [1.29, 1.82) is 5.26 Å². The molecule has 4 nitrogen and oxygen atoms in total. The van der Waals surface area contributed by atoms with Gasteiger partial charge in [0.1, 0.15) is 5.69 Å². The van der Waals surface area contributed by atoms with Crippen LogP contribution in [0.3, 0.4) is 0 Å². The van der Waals surface area contributed by atoms with Crippen LogP contribution in [0.5, 0.6) is 0 Å². The first-order valence-corrected chi connectivity index (χ1v) is 6.51. The predicted molar refractivity (Wildman–Crippen MR) is 60.1 cm³/mol. The van der Waals surface area contributed by atoms with Crippen LogP contribution < -0.4 is 0 Å². The number of halogens is 3. The quantitative estimate of drug-likeness (QED) is 0.476. The predicted octanol–water partition coefficient (Wildman–Crippen LogP) is 2.15. The van der Waals surface area contributed by atoms with Crippen LogP contribution in [0.1, 0.15) is 24.1 Å². The van der Waals surface area contributed by atoms with Gasteiger partial charge in [-0.1, -0.05) is 17.0 Å². The number of hydrogen-bond acceptors (Lipinski definition) is 3. The summed E-state index contributed by atoms with van der Waals surface area (Å²) in [6, 6.07) is 2.16. The van der Waals surface area contributed by atoms with Gasteiger partial charge in [-0.25, -0.2) is 0 Å². The van der Waals surface area contributed by atoms with Gasteiger partial charge < -0.3 is 4.55 Å². The molecular formula is C11H10F3N3OS. The zero-order valence-electron chi connectivity index (χ0n) is 9.94. The third-order valence-corrected chi connectivity index (χ3v) is 4.90. The Kier molecular flexibility index (Phi) is 3.36. The maximum atomic E-state index is 12.4. The minimum atomic E-state index is -4.49. The number of nitriles is 1. The first-order valence-electron chi connectivity index (χ1n) is 5.40. The third-order valence-electron chi connectivity index (χ3n) is 3.01. The first-order chi connectivity index (χ1) is 8.81. The van der Waals surface area contributed by atoms with E-state index in [4.69, 9.17) is 5.26 Å². The maximum Gasteiger partial charge on any atom is 0.464 e. The average Bonchev–Trinajstić information content (AvgIpc) is 3.17. The Morgan fingerprint density at radius 3 is 2.47 bits per heavy atom. The second-order valence-electron chi connectivity index (χ2n) is 4.27. The molecule has 0 aliphatic heterocycles. The van der Waals surface area contributed by atoms with Crippen molar-refractivity contribution in [3.63, 3.8) is 0 Å². The topological polar surface area (TPSA) is 62.8 Å². The molecule has 19 heavy (non-hydrogen) atoms. The SMILES string of the molecule is C[N+](C#N)=S([O-])C1(c2ccc(C(F)(F)F)nc2)CC1. The molecule has 0 radical (unpaired) electrons. The van der Waals surface area contributed by atoms with Crippen molar-refractivity contribution in [1.82, 2.24) is 4.98 Å². The summed E-state index contributed by atoms with van der Waals surface area (Å²) in [4.78, 5) is 3.36. The van der Waals surface area contributed by atoms with Crippen molar-refractivity contribution in [2.45, 2.75) is 23.8 Å². The molecule has 0 bridgehead atoms. The van der Waals surface area contributed by atoms with Gasteiger partial charge >= 0.3 is 12.4 Å². The summed E-state index contributed by atoms with van der Waals surface area (Å²) in [7, 11) is -0.209. The van der Waals surface area contributed by atoms with E-state index in [0.717, 1.165) is 16.2 Å². The zero-order chi connectivity index (χ0) is 14.3. The van der Waals surface area contributed by atoms with E-state index in [9.17, 15) is 17.7 Å². The fourth-order valence-electron chi connectivity index (χ4n) is 1.81. The third kappa shape index (κ3) is 2.48. The molecule has 1 aromatic rings. The van der Waals surface area contributed by atoms with Crippen LogP contribution in [-0.2, 0) is 21.9 Å². The van der Waals surface area contributed by atoms with E-state index < -0.39 is 27.6 Å². The smallest absolute Gasteiger partial charge is 0.464 e. The monoisotopic (exact) mass is 289 g/mol. The minimum absolute atomic E-state index is 0.473. The molecule has 1 unspecified atom stereocenters. The summed E-state index contributed by atoms with van der Waals surface area (Å²) >= 11 is 0. The maximum absolute atomic E-state index is 12.4. The number of nitrogens with zero attached hydrogens (tertiary/aromatic N) is 3. The fraction of sp³-hybridized carbons (Fsp3) is 0.455. The Labute approximate surface area is 110 Å². The molecule has 1 aliphatic carbocycles. The van der Waals surface area contributed by atoms with Crippen molar-refractivity contribution in [3.05, 3.63) is 29.6 Å². The molecule has 1 fully saturated rings. The highest BCUT2D eigenvalue weighted by Crippen LogP contribution is 2.51. The second kappa shape index (κ2) is 4.58. The van der Waals surface area contributed by atoms with E-state index >= 15 is 0 Å².